The fraction of sp³-hybridized carbons (Fsp3) is 0.467. The Morgan fingerprint density at radius 1 is 1.48 bits per heavy atom. The van der Waals surface area contributed by atoms with Crippen LogP contribution in [0.1, 0.15) is 31.9 Å². The number of rotatable bonds is 8. The van der Waals surface area contributed by atoms with Crippen molar-refractivity contribution in [3.63, 3.8) is 0 Å². The highest BCUT2D eigenvalue weighted by Gasteiger charge is 2.20. The molecule has 1 rings (SSSR count). The number of phenols is 1. The molecular weight excluding hydrogens is 272 g/mol. The topological polar surface area (TPSA) is 93.8 Å². The zero-order valence-electron chi connectivity index (χ0n) is 12.2. The minimum Gasteiger partial charge on any atom is -0.504 e. The molecular formula is C15H20N2O4. The molecule has 0 aliphatic heterocycles. The maximum Gasteiger partial charge on any atom is 0.304 e. The minimum absolute atomic E-state index is 0.0193. The molecule has 0 bridgehead atoms. The summed E-state index contributed by atoms with van der Waals surface area (Å²) in [4.78, 5) is 12.5. The number of hydrogen-bond acceptors (Lipinski definition) is 5. The van der Waals surface area contributed by atoms with Gasteiger partial charge in [0.15, 0.2) is 11.5 Å². The van der Waals surface area contributed by atoms with E-state index in [0.717, 1.165) is 0 Å². The molecule has 6 heteroatoms. The van der Waals surface area contributed by atoms with Gasteiger partial charge >= 0.3 is 5.97 Å². The third kappa shape index (κ3) is 4.65. The molecule has 0 radical (unpaired) electrons. The van der Waals surface area contributed by atoms with E-state index in [4.69, 9.17) is 9.84 Å². The lowest BCUT2D eigenvalue weighted by Gasteiger charge is -2.25. The van der Waals surface area contributed by atoms with E-state index < -0.39 is 12.0 Å². The average molecular weight is 292 g/mol. The number of carboxylic acid groups (broad SMARTS) is 1. The van der Waals surface area contributed by atoms with Gasteiger partial charge in [0, 0.05) is 6.54 Å². The van der Waals surface area contributed by atoms with Crippen molar-refractivity contribution in [2.45, 2.75) is 26.3 Å². The van der Waals surface area contributed by atoms with Crippen LogP contribution in [0.5, 0.6) is 11.5 Å². The van der Waals surface area contributed by atoms with E-state index in [-0.39, 0.29) is 18.7 Å². The Morgan fingerprint density at radius 2 is 2.19 bits per heavy atom. The van der Waals surface area contributed by atoms with Crippen molar-refractivity contribution in [1.29, 1.82) is 5.26 Å². The summed E-state index contributed by atoms with van der Waals surface area (Å²) >= 11 is 0. The van der Waals surface area contributed by atoms with E-state index in [9.17, 15) is 15.2 Å². The van der Waals surface area contributed by atoms with E-state index >= 15 is 0 Å². The summed E-state index contributed by atoms with van der Waals surface area (Å²) in [7, 11) is 0. The van der Waals surface area contributed by atoms with Gasteiger partial charge in [-0.1, -0.05) is 13.0 Å². The maximum atomic E-state index is 10.7. The summed E-state index contributed by atoms with van der Waals surface area (Å²) in [5.41, 5.74) is 0.672. The summed E-state index contributed by atoms with van der Waals surface area (Å²) in [5, 5.41) is 27.9. The third-order valence-electron chi connectivity index (χ3n) is 3.11. The van der Waals surface area contributed by atoms with Crippen molar-refractivity contribution in [3.05, 3.63) is 23.8 Å². The van der Waals surface area contributed by atoms with Gasteiger partial charge in [0.1, 0.15) is 6.04 Å². The molecule has 0 amide bonds. The molecule has 6 nitrogen and oxygen atoms in total. The van der Waals surface area contributed by atoms with Gasteiger partial charge in [-0.2, -0.15) is 5.26 Å². The number of carbonyl (C=O) groups is 1. The predicted octanol–water partition coefficient (Wildman–Crippen LogP) is 2.15. The van der Waals surface area contributed by atoms with Crippen LogP contribution in [0.25, 0.3) is 0 Å². The molecule has 0 fully saturated rings. The monoisotopic (exact) mass is 292 g/mol. The molecule has 0 spiro atoms. The molecule has 1 atom stereocenters. The second-order valence-electron chi connectivity index (χ2n) is 4.46. The third-order valence-corrected chi connectivity index (χ3v) is 3.11. The van der Waals surface area contributed by atoms with Gasteiger partial charge in [-0.15, -0.1) is 0 Å². The van der Waals surface area contributed by atoms with Crippen molar-refractivity contribution in [3.8, 4) is 17.6 Å². The van der Waals surface area contributed by atoms with Gasteiger partial charge < -0.3 is 14.9 Å². The molecule has 21 heavy (non-hydrogen) atoms. The Morgan fingerprint density at radius 3 is 2.71 bits per heavy atom. The van der Waals surface area contributed by atoms with Gasteiger partial charge in [0.2, 0.25) is 0 Å². The highest BCUT2D eigenvalue weighted by atomic mass is 16.5. The Hall–Kier alpha value is -2.26. The lowest BCUT2D eigenvalue weighted by atomic mass is 10.1. The molecule has 2 N–H and O–H groups in total. The molecule has 0 saturated heterocycles. The number of phenolic OH excluding ortho intramolecular Hbond substituents is 1. The van der Waals surface area contributed by atoms with Gasteiger partial charge in [0.25, 0.3) is 0 Å². The molecule has 0 aliphatic carbocycles. The summed E-state index contributed by atoms with van der Waals surface area (Å²) in [6, 6.07) is 6.35. The van der Waals surface area contributed by atoms with E-state index in [1.54, 1.807) is 24.0 Å². The van der Waals surface area contributed by atoms with Crippen molar-refractivity contribution in [2.24, 2.45) is 0 Å². The first-order valence-electron chi connectivity index (χ1n) is 6.84. The average Bonchev–Trinajstić information content (AvgIpc) is 2.46. The maximum absolute atomic E-state index is 10.7. The number of hydrogen-bond donors (Lipinski definition) is 2. The van der Waals surface area contributed by atoms with Crippen molar-refractivity contribution >= 4 is 5.97 Å². The quantitative estimate of drug-likeness (QED) is 0.762. The van der Waals surface area contributed by atoms with E-state index in [1.807, 2.05) is 6.92 Å². The Labute approximate surface area is 124 Å². The largest absolute Gasteiger partial charge is 0.504 e. The summed E-state index contributed by atoms with van der Waals surface area (Å²) in [6.07, 6.45) is -0.0254. The van der Waals surface area contributed by atoms with E-state index in [2.05, 4.69) is 6.07 Å². The second-order valence-corrected chi connectivity index (χ2v) is 4.46. The van der Waals surface area contributed by atoms with Crippen LogP contribution >= 0.6 is 0 Å². The SMILES string of the molecule is CCOc1cc(C(C#N)N(CC)CCC(=O)O)ccc1O. The molecule has 0 aliphatic rings. The van der Waals surface area contributed by atoms with Gasteiger partial charge in [-0.05, 0) is 31.2 Å². The number of benzene rings is 1. The number of ether oxygens (including phenoxy) is 1. The first kappa shape index (κ1) is 16.8. The first-order chi connectivity index (χ1) is 10.0. The fourth-order valence-electron chi connectivity index (χ4n) is 2.05. The smallest absolute Gasteiger partial charge is 0.304 e. The Kier molecular flexibility index (Phi) is 6.50. The lowest BCUT2D eigenvalue weighted by Crippen LogP contribution is -2.30. The van der Waals surface area contributed by atoms with Crippen LogP contribution in [0.3, 0.4) is 0 Å². The van der Waals surface area contributed by atoms with Crippen LogP contribution in [0.15, 0.2) is 18.2 Å². The van der Waals surface area contributed by atoms with Gasteiger partial charge in [-0.25, -0.2) is 0 Å². The Bertz CT molecular complexity index is 525. The van der Waals surface area contributed by atoms with Crippen LogP contribution in [0.4, 0.5) is 0 Å². The summed E-state index contributed by atoms with van der Waals surface area (Å²) in [6.45, 7) is 4.92. The fourth-order valence-corrected chi connectivity index (χ4v) is 2.05. The van der Waals surface area contributed by atoms with Gasteiger partial charge in [0.05, 0.1) is 19.1 Å². The van der Waals surface area contributed by atoms with Gasteiger partial charge in [-0.3, -0.25) is 9.69 Å². The minimum atomic E-state index is -0.897. The molecule has 0 aromatic heterocycles. The Balaban J connectivity index is 2.99. The van der Waals surface area contributed by atoms with Crippen molar-refractivity contribution in [1.82, 2.24) is 4.90 Å². The normalized spacial score (nSPS) is 11.9. The second kappa shape index (κ2) is 8.12. The highest BCUT2D eigenvalue weighted by Crippen LogP contribution is 2.31. The highest BCUT2D eigenvalue weighted by molar-refractivity contribution is 5.66. The predicted molar refractivity (Wildman–Crippen MR) is 77.1 cm³/mol. The number of nitriles is 1. The summed E-state index contributed by atoms with van der Waals surface area (Å²) < 4.78 is 5.31. The van der Waals surface area contributed by atoms with Crippen LogP contribution in [-0.2, 0) is 4.79 Å². The zero-order chi connectivity index (χ0) is 15.8. The number of aliphatic carboxylic acids is 1. The van der Waals surface area contributed by atoms with Crippen molar-refractivity contribution < 1.29 is 19.7 Å². The molecule has 1 unspecified atom stereocenters. The van der Waals surface area contributed by atoms with Crippen LogP contribution in [0.2, 0.25) is 0 Å². The lowest BCUT2D eigenvalue weighted by molar-refractivity contribution is -0.137. The van der Waals surface area contributed by atoms with E-state index in [0.29, 0.717) is 24.5 Å². The zero-order valence-corrected chi connectivity index (χ0v) is 12.2. The molecule has 0 saturated carbocycles. The summed E-state index contributed by atoms with van der Waals surface area (Å²) in [5.74, 6) is -0.554. The van der Waals surface area contributed by atoms with E-state index in [1.165, 1.54) is 6.07 Å². The van der Waals surface area contributed by atoms with Crippen LogP contribution in [0, 0.1) is 11.3 Å². The molecule has 1 aromatic rings. The molecule has 114 valence electrons. The molecule has 1 aromatic carbocycles. The number of carboxylic acids is 1. The first-order valence-corrected chi connectivity index (χ1v) is 6.84. The van der Waals surface area contributed by atoms with Crippen LogP contribution in [-0.4, -0.2) is 40.8 Å². The van der Waals surface area contributed by atoms with Crippen molar-refractivity contribution in [2.75, 3.05) is 19.7 Å². The number of aromatic hydroxyl groups is 1. The standard InChI is InChI=1S/C15H20N2O4/c1-3-17(8-7-15(19)20)12(10-16)11-5-6-13(18)14(9-11)21-4-2/h5-6,9,12,18H,3-4,7-8H2,1-2H3,(H,19,20). The number of nitrogens with zero attached hydrogens (tertiary/aromatic N) is 2. The van der Waals surface area contributed by atoms with Crippen LogP contribution < -0.4 is 4.74 Å². The molecule has 0 heterocycles.